The second-order valence-electron chi connectivity index (χ2n) is 8.81. The quantitative estimate of drug-likeness (QED) is 0.382. The first-order valence-corrected chi connectivity index (χ1v) is 12.5. The molecule has 0 bridgehead atoms. The van der Waals surface area contributed by atoms with Crippen LogP contribution in [0, 0.1) is 0 Å². The smallest absolute Gasteiger partial charge is 0.255 e. The topological polar surface area (TPSA) is 62.7 Å². The lowest BCUT2D eigenvalue weighted by Gasteiger charge is -2.48. The number of thiophene rings is 1. The van der Waals surface area contributed by atoms with Gasteiger partial charge in [-0.1, -0.05) is 24.3 Å². The van der Waals surface area contributed by atoms with E-state index in [2.05, 4.69) is 22.5 Å². The van der Waals surface area contributed by atoms with Crippen LogP contribution in [-0.2, 0) is 20.5 Å². The molecule has 35 heavy (non-hydrogen) atoms. The van der Waals surface area contributed by atoms with Gasteiger partial charge in [-0.25, -0.2) is 9.97 Å². The van der Waals surface area contributed by atoms with E-state index in [1.165, 1.54) is 0 Å². The second-order valence-corrected chi connectivity index (χ2v) is 9.76. The largest absolute Gasteiger partial charge is 0.490 e. The molecule has 3 aliphatic rings. The van der Waals surface area contributed by atoms with Crippen LogP contribution in [0.15, 0.2) is 96.7 Å². The normalized spacial score (nSPS) is 27.4. The van der Waals surface area contributed by atoms with Crippen molar-refractivity contribution in [3.05, 3.63) is 107 Å². The standard InChI is InChI=1S/C28H22N2O4S/c1-2-9-21-20(8-1)33-26(34-21)27(24-11-6-18-35-24)14-17-32-28(27,23-10-3-4-16-31-23)22-13-12-19-7-5-15-29-25(19)30-22/h1-13,15-16,18,23,26H,14,17H2. The van der Waals surface area contributed by atoms with Crippen molar-refractivity contribution in [3.8, 4) is 11.5 Å². The molecule has 1 fully saturated rings. The van der Waals surface area contributed by atoms with Crippen LogP contribution >= 0.6 is 11.3 Å². The fourth-order valence-corrected chi connectivity index (χ4v) is 6.62. The van der Waals surface area contributed by atoms with Crippen molar-refractivity contribution in [2.75, 3.05) is 6.61 Å². The molecule has 3 atom stereocenters. The van der Waals surface area contributed by atoms with Crippen LogP contribution < -0.4 is 9.47 Å². The van der Waals surface area contributed by atoms with Gasteiger partial charge in [0, 0.05) is 23.1 Å². The van der Waals surface area contributed by atoms with Gasteiger partial charge in [0.1, 0.15) is 5.41 Å². The maximum atomic E-state index is 6.81. The lowest BCUT2D eigenvalue weighted by molar-refractivity contribution is -0.164. The summed E-state index contributed by atoms with van der Waals surface area (Å²) >= 11 is 1.67. The Balaban J connectivity index is 1.49. The highest BCUT2D eigenvalue weighted by molar-refractivity contribution is 7.10. The van der Waals surface area contributed by atoms with E-state index in [9.17, 15) is 0 Å². The Hall–Kier alpha value is -3.68. The monoisotopic (exact) mass is 482 g/mol. The molecule has 0 spiro atoms. The molecule has 0 radical (unpaired) electrons. The number of aromatic nitrogens is 2. The van der Waals surface area contributed by atoms with Crippen molar-refractivity contribution in [3.63, 3.8) is 0 Å². The Kier molecular flexibility index (Phi) is 4.69. The number of hydrogen-bond acceptors (Lipinski definition) is 7. The first-order chi connectivity index (χ1) is 17.3. The third kappa shape index (κ3) is 2.92. The van der Waals surface area contributed by atoms with Gasteiger partial charge in [-0.05, 0) is 66.4 Å². The van der Waals surface area contributed by atoms with Gasteiger partial charge < -0.3 is 18.9 Å². The van der Waals surface area contributed by atoms with E-state index >= 15 is 0 Å². The summed E-state index contributed by atoms with van der Waals surface area (Å²) < 4.78 is 26.1. The lowest BCUT2D eigenvalue weighted by Crippen LogP contribution is -2.61. The number of para-hydroxylation sites is 2. The average Bonchev–Trinajstić information content (AvgIpc) is 3.68. The zero-order valence-electron chi connectivity index (χ0n) is 18.7. The molecule has 3 aromatic heterocycles. The first-order valence-electron chi connectivity index (χ1n) is 11.6. The van der Waals surface area contributed by atoms with Crippen LogP contribution in [-0.4, -0.2) is 29.0 Å². The Morgan fingerprint density at radius 1 is 0.914 bits per heavy atom. The van der Waals surface area contributed by atoms with Crippen molar-refractivity contribution in [1.29, 1.82) is 0 Å². The van der Waals surface area contributed by atoms with Gasteiger partial charge in [0.05, 0.1) is 12.0 Å². The molecule has 174 valence electrons. The highest BCUT2D eigenvalue weighted by Crippen LogP contribution is 2.60. The summed E-state index contributed by atoms with van der Waals surface area (Å²) in [5, 5.41) is 3.04. The maximum absolute atomic E-state index is 6.81. The molecule has 0 aliphatic carbocycles. The molecule has 4 aromatic rings. The molecule has 0 amide bonds. The molecule has 6 heterocycles. The van der Waals surface area contributed by atoms with Crippen molar-refractivity contribution in [1.82, 2.24) is 9.97 Å². The van der Waals surface area contributed by atoms with E-state index in [0.29, 0.717) is 18.7 Å². The molecule has 7 heteroatoms. The third-order valence-corrected chi connectivity index (χ3v) is 8.16. The predicted molar refractivity (Wildman–Crippen MR) is 132 cm³/mol. The Morgan fingerprint density at radius 3 is 2.57 bits per heavy atom. The number of nitrogens with zero attached hydrogens (tertiary/aromatic N) is 2. The first kappa shape index (κ1) is 20.7. The van der Waals surface area contributed by atoms with Crippen molar-refractivity contribution >= 4 is 22.4 Å². The van der Waals surface area contributed by atoms with E-state index in [0.717, 1.165) is 27.5 Å². The minimum Gasteiger partial charge on any atom is -0.490 e. The molecule has 6 nitrogen and oxygen atoms in total. The summed E-state index contributed by atoms with van der Waals surface area (Å²) in [6.07, 6.45) is 8.93. The zero-order chi connectivity index (χ0) is 23.3. The van der Waals surface area contributed by atoms with Crippen LogP contribution in [0.2, 0.25) is 0 Å². The van der Waals surface area contributed by atoms with Crippen LogP contribution in [0.5, 0.6) is 11.5 Å². The third-order valence-electron chi connectivity index (χ3n) is 7.12. The van der Waals surface area contributed by atoms with E-state index in [1.54, 1.807) is 23.8 Å². The molecule has 1 saturated heterocycles. The van der Waals surface area contributed by atoms with Crippen LogP contribution in [0.25, 0.3) is 11.0 Å². The summed E-state index contributed by atoms with van der Waals surface area (Å²) in [6.45, 7) is 0.497. The Morgan fingerprint density at radius 2 is 1.80 bits per heavy atom. The van der Waals surface area contributed by atoms with E-state index in [1.807, 2.05) is 66.8 Å². The molecular formula is C28H22N2O4S. The zero-order valence-corrected chi connectivity index (χ0v) is 19.6. The SMILES string of the molecule is C1=COC(C2(c3ccc4cccnc4n3)OCCC2(c2cccs2)C2Oc3ccccc3O2)C=C1. The number of rotatable bonds is 4. The van der Waals surface area contributed by atoms with Gasteiger partial charge in [-0.15, -0.1) is 11.3 Å². The molecule has 0 saturated carbocycles. The van der Waals surface area contributed by atoms with Gasteiger partial charge in [-0.2, -0.15) is 0 Å². The number of ether oxygens (including phenoxy) is 4. The van der Waals surface area contributed by atoms with Gasteiger partial charge in [0.2, 0.25) is 0 Å². The highest BCUT2D eigenvalue weighted by atomic mass is 32.1. The van der Waals surface area contributed by atoms with Crippen LogP contribution in [0.4, 0.5) is 0 Å². The summed E-state index contributed by atoms with van der Waals surface area (Å²) in [7, 11) is 0. The Bertz CT molecular complexity index is 1430. The lowest BCUT2D eigenvalue weighted by atomic mass is 9.64. The number of allylic oxidation sites excluding steroid dienone is 2. The molecular weight excluding hydrogens is 460 g/mol. The fraction of sp³-hybridized carbons (Fsp3) is 0.214. The average molecular weight is 483 g/mol. The van der Waals surface area contributed by atoms with Gasteiger partial charge in [0.15, 0.2) is 28.9 Å². The Labute approximate surface area is 206 Å². The van der Waals surface area contributed by atoms with Crippen molar-refractivity contribution in [2.45, 2.75) is 29.8 Å². The van der Waals surface area contributed by atoms with Crippen LogP contribution in [0.3, 0.4) is 0 Å². The van der Waals surface area contributed by atoms with Crippen molar-refractivity contribution in [2.24, 2.45) is 0 Å². The summed E-state index contributed by atoms with van der Waals surface area (Å²) in [5.41, 5.74) is -0.373. The minimum atomic E-state index is -1.03. The minimum absolute atomic E-state index is 0.457. The van der Waals surface area contributed by atoms with Crippen LogP contribution in [0.1, 0.15) is 17.0 Å². The van der Waals surface area contributed by atoms with E-state index in [-0.39, 0.29) is 0 Å². The fourth-order valence-electron chi connectivity index (χ4n) is 5.60. The number of hydrogen-bond donors (Lipinski definition) is 0. The maximum Gasteiger partial charge on any atom is 0.255 e. The molecule has 0 N–H and O–H groups in total. The van der Waals surface area contributed by atoms with Gasteiger partial charge in [-0.3, -0.25) is 0 Å². The molecule has 3 aliphatic heterocycles. The molecule has 3 unspecified atom stereocenters. The van der Waals surface area contributed by atoms with Gasteiger partial charge in [0.25, 0.3) is 6.29 Å². The van der Waals surface area contributed by atoms with E-state index in [4.69, 9.17) is 23.9 Å². The van der Waals surface area contributed by atoms with E-state index < -0.39 is 23.4 Å². The summed E-state index contributed by atoms with van der Waals surface area (Å²) in [4.78, 5) is 10.7. The predicted octanol–water partition coefficient (Wildman–Crippen LogP) is 5.51. The molecule has 1 aromatic carbocycles. The molecule has 7 rings (SSSR count). The number of pyridine rings is 2. The second kappa shape index (κ2) is 7.93. The van der Waals surface area contributed by atoms with Gasteiger partial charge >= 0.3 is 0 Å². The van der Waals surface area contributed by atoms with Crippen molar-refractivity contribution < 1.29 is 18.9 Å². The number of fused-ring (bicyclic) bond motifs is 2. The highest BCUT2D eigenvalue weighted by Gasteiger charge is 2.70. The summed E-state index contributed by atoms with van der Waals surface area (Å²) in [5.74, 6) is 1.45. The summed E-state index contributed by atoms with van der Waals surface area (Å²) in [6, 6.07) is 20.0. The number of benzene rings is 1.